The monoisotopic (exact) mass is 274 g/mol. The second kappa shape index (κ2) is 7.44. The van der Waals surface area contributed by atoms with E-state index in [1.165, 1.54) is 5.56 Å². The topological polar surface area (TPSA) is 32.3 Å². The van der Waals surface area contributed by atoms with Crippen LogP contribution in [0.15, 0.2) is 30.3 Å². The molecule has 3 nitrogen and oxygen atoms in total. The lowest BCUT2D eigenvalue weighted by molar-refractivity contribution is -0.130. The van der Waals surface area contributed by atoms with Crippen molar-refractivity contribution < 1.29 is 4.79 Å². The summed E-state index contributed by atoms with van der Waals surface area (Å²) >= 11 is 0. The molecule has 1 atom stereocenters. The van der Waals surface area contributed by atoms with E-state index in [4.69, 9.17) is 0 Å². The Hall–Kier alpha value is -1.35. The van der Waals surface area contributed by atoms with Crippen LogP contribution in [0.4, 0.5) is 0 Å². The molecule has 20 heavy (non-hydrogen) atoms. The lowest BCUT2D eigenvalue weighted by Gasteiger charge is -2.31. The number of amides is 1. The second-order valence-electron chi connectivity index (χ2n) is 5.92. The summed E-state index contributed by atoms with van der Waals surface area (Å²) in [5.74, 6) is 1.48. The molecule has 0 saturated carbocycles. The zero-order chi connectivity index (χ0) is 14.4. The fourth-order valence-corrected chi connectivity index (χ4v) is 2.86. The number of piperidine rings is 1. The van der Waals surface area contributed by atoms with Gasteiger partial charge in [-0.05, 0) is 36.8 Å². The minimum absolute atomic E-state index is 0.217. The number of rotatable bonds is 5. The molecule has 0 bridgehead atoms. The Bertz CT molecular complexity index is 410. The highest BCUT2D eigenvalue weighted by atomic mass is 16.2. The smallest absolute Gasteiger partial charge is 0.219 e. The Morgan fingerprint density at radius 1 is 1.30 bits per heavy atom. The van der Waals surface area contributed by atoms with Gasteiger partial charge in [0.15, 0.2) is 0 Å². The van der Waals surface area contributed by atoms with Gasteiger partial charge in [-0.25, -0.2) is 0 Å². The highest BCUT2D eigenvalue weighted by Crippen LogP contribution is 2.17. The number of hydrogen-bond donors (Lipinski definition) is 1. The predicted octanol–water partition coefficient (Wildman–Crippen LogP) is 2.64. The Morgan fingerprint density at radius 2 is 1.95 bits per heavy atom. The standard InChI is InChI=1S/C17H26N2O/c1-14(17-6-4-3-5-7-17)12-18-13-16-8-10-19(11-9-16)15(2)20/h3-7,14,16,18H,8-13H2,1-2H3/t14-/m0/s1. The van der Waals surface area contributed by atoms with E-state index in [1.54, 1.807) is 6.92 Å². The molecule has 1 amide bonds. The molecule has 1 fully saturated rings. The Labute approximate surface area is 122 Å². The van der Waals surface area contributed by atoms with Crippen molar-refractivity contribution in [2.45, 2.75) is 32.6 Å². The van der Waals surface area contributed by atoms with Gasteiger partial charge in [0, 0.05) is 26.6 Å². The van der Waals surface area contributed by atoms with Crippen LogP contribution in [0.1, 0.15) is 38.2 Å². The zero-order valence-corrected chi connectivity index (χ0v) is 12.6. The molecule has 110 valence electrons. The third-order valence-electron chi connectivity index (χ3n) is 4.31. The van der Waals surface area contributed by atoms with Gasteiger partial charge in [0.25, 0.3) is 0 Å². The number of hydrogen-bond acceptors (Lipinski definition) is 2. The summed E-state index contributed by atoms with van der Waals surface area (Å²) in [5, 5.41) is 3.59. The van der Waals surface area contributed by atoms with Crippen LogP contribution in [0.25, 0.3) is 0 Å². The minimum Gasteiger partial charge on any atom is -0.343 e. The Balaban J connectivity index is 1.66. The summed E-state index contributed by atoms with van der Waals surface area (Å²) in [6.45, 7) is 7.88. The maximum atomic E-state index is 11.3. The Morgan fingerprint density at radius 3 is 2.55 bits per heavy atom. The van der Waals surface area contributed by atoms with Crippen LogP contribution < -0.4 is 5.32 Å². The maximum absolute atomic E-state index is 11.3. The normalized spacial score (nSPS) is 18.0. The van der Waals surface area contributed by atoms with E-state index in [-0.39, 0.29) is 5.91 Å². The molecule has 0 aliphatic carbocycles. The van der Waals surface area contributed by atoms with Crippen LogP contribution in [0.3, 0.4) is 0 Å². The first-order valence-electron chi connectivity index (χ1n) is 7.68. The van der Waals surface area contributed by atoms with Gasteiger partial charge in [0.05, 0.1) is 0 Å². The van der Waals surface area contributed by atoms with Crippen LogP contribution >= 0.6 is 0 Å². The molecule has 1 N–H and O–H groups in total. The lowest BCUT2D eigenvalue weighted by Crippen LogP contribution is -2.40. The van der Waals surface area contributed by atoms with Gasteiger partial charge in [0.2, 0.25) is 5.91 Å². The van der Waals surface area contributed by atoms with E-state index >= 15 is 0 Å². The molecule has 1 saturated heterocycles. The number of carbonyl (C=O) groups is 1. The third-order valence-corrected chi connectivity index (χ3v) is 4.31. The first-order chi connectivity index (χ1) is 9.66. The largest absolute Gasteiger partial charge is 0.343 e. The number of nitrogens with zero attached hydrogens (tertiary/aromatic N) is 1. The van der Waals surface area contributed by atoms with Crippen molar-refractivity contribution >= 4 is 5.91 Å². The van der Waals surface area contributed by atoms with Gasteiger partial charge in [-0.1, -0.05) is 37.3 Å². The molecule has 1 heterocycles. The molecular formula is C17H26N2O. The number of benzene rings is 1. The van der Waals surface area contributed by atoms with E-state index in [0.717, 1.165) is 39.0 Å². The summed E-state index contributed by atoms with van der Waals surface area (Å²) in [5.41, 5.74) is 1.39. The molecule has 0 spiro atoms. The van der Waals surface area contributed by atoms with Crippen molar-refractivity contribution in [3.05, 3.63) is 35.9 Å². The van der Waals surface area contributed by atoms with Gasteiger partial charge in [-0.15, -0.1) is 0 Å². The van der Waals surface area contributed by atoms with Gasteiger partial charge < -0.3 is 10.2 Å². The predicted molar refractivity (Wildman–Crippen MR) is 82.7 cm³/mol. The van der Waals surface area contributed by atoms with Crippen LogP contribution in [0, 0.1) is 5.92 Å². The van der Waals surface area contributed by atoms with E-state index in [2.05, 4.69) is 42.6 Å². The van der Waals surface area contributed by atoms with Crippen molar-refractivity contribution in [2.75, 3.05) is 26.2 Å². The zero-order valence-electron chi connectivity index (χ0n) is 12.6. The van der Waals surface area contributed by atoms with Crippen LogP contribution in [-0.2, 0) is 4.79 Å². The van der Waals surface area contributed by atoms with Crippen LogP contribution in [-0.4, -0.2) is 37.0 Å². The van der Waals surface area contributed by atoms with Crippen LogP contribution in [0.2, 0.25) is 0 Å². The molecule has 1 aromatic rings. The van der Waals surface area contributed by atoms with Gasteiger partial charge >= 0.3 is 0 Å². The summed E-state index contributed by atoms with van der Waals surface area (Å²) in [6, 6.07) is 10.6. The molecule has 1 aromatic carbocycles. The van der Waals surface area contributed by atoms with Crippen molar-refractivity contribution in [1.29, 1.82) is 0 Å². The summed E-state index contributed by atoms with van der Waals surface area (Å²) in [4.78, 5) is 13.2. The fourth-order valence-electron chi connectivity index (χ4n) is 2.86. The van der Waals surface area contributed by atoms with Crippen molar-refractivity contribution in [3.63, 3.8) is 0 Å². The first-order valence-corrected chi connectivity index (χ1v) is 7.68. The molecule has 1 aliphatic rings. The molecular weight excluding hydrogens is 248 g/mol. The summed E-state index contributed by atoms with van der Waals surface area (Å²) < 4.78 is 0. The second-order valence-corrected chi connectivity index (χ2v) is 5.92. The maximum Gasteiger partial charge on any atom is 0.219 e. The number of carbonyl (C=O) groups excluding carboxylic acids is 1. The number of nitrogens with one attached hydrogen (secondary N) is 1. The van der Waals surface area contributed by atoms with Gasteiger partial charge in [0.1, 0.15) is 0 Å². The minimum atomic E-state index is 0.217. The third kappa shape index (κ3) is 4.34. The first kappa shape index (κ1) is 15.0. The highest BCUT2D eigenvalue weighted by Gasteiger charge is 2.20. The molecule has 0 radical (unpaired) electrons. The van der Waals surface area contributed by atoms with Crippen molar-refractivity contribution in [1.82, 2.24) is 10.2 Å². The molecule has 3 heteroatoms. The van der Waals surface area contributed by atoms with Gasteiger partial charge in [-0.2, -0.15) is 0 Å². The molecule has 0 unspecified atom stereocenters. The molecule has 1 aliphatic heterocycles. The molecule has 2 rings (SSSR count). The molecule has 0 aromatic heterocycles. The van der Waals surface area contributed by atoms with Crippen molar-refractivity contribution in [3.8, 4) is 0 Å². The average Bonchev–Trinajstić information content (AvgIpc) is 2.48. The van der Waals surface area contributed by atoms with Crippen LogP contribution in [0.5, 0.6) is 0 Å². The van der Waals surface area contributed by atoms with E-state index in [9.17, 15) is 4.79 Å². The van der Waals surface area contributed by atoms with Crippen molar-refractivity contribution in [2.24, 2.45) is 5.92 Å². The van der Waals surface area contributed by atoms with E-state index < -0.39 is 0 Å². The lowest BCUT2D eigenvalue weighted by atomic mass is 9.96. The fraction of sp³-hybridized carbons (Fsp3) is 0.588. The Kier molecular flexibility index (Phi) is 5.60. The van der Waals surface area contributed by atoms with Gasteiger partial charge in [-0.3, -0.25) is 4.79 Å². The summed E-state index contributed by atoms with van der Waals surface area (Å²) in [7, 11) is 0. The quantitative estimate of drug-likeness (QED) is 0.895. The average molecular weight is 274 g/mol. The number of likely N-dealkylation sites (tertiary alicyclic amines) is 1. The summed E-state index contributed by atoms with van der Waals surface area (Å²) in [6.07, 6.45) is 2.26. The van der Waals surface area contributed by atoms with E-state index in [0.29, 0.717) is 11.8 Å². The highest BCUT2D eigenvalue weighted by molar-refractivity contribution is 5.73. The SMILES string of the molecule is CC(=O)N1CCC(CNC[C@H](C)c2ccccc2)CC1. The van der Waals surface area contributed by atoms with E-state index in [1.807, 2.05) is 4.90 Å².